The van der Waals surface area contributed by atoms with Gasteiger partial charge in [0.15, 0.2) is 0 Å². The summed E-state index contributed by atoms with van der Waals surface area (Å²) in [5, 5.41) is 10.0. The Morgan fingerprint density at radius 2 is 1.97 bits per heavy atom. The van der Waals surface area contributed by atoms with Crippen molar-refractivity contribution in [3.63, 3.8) is 0 Å². The number of aromatic nitrogens is 1. The van der Waals surface area contributed by atoms with Crippen LogP contribution in [-0.4, -0.2) is 65.1 Å². The van der Waals surface area contributed by atoms with Crippen LogP contribution >= 0.6 is 11.3 Å². The third-order valence-corrected chi connectivity index (χ3v) is 7.73. The molecular formula is C24H28N4O2S. The van der Waals surface area contributed by atoms with Crippen molar-refractivity contribution in [3.8, 4) is 0 Å². The average Bonchev–Trinajstić information content (AvgIpc) is 3.13. The van der Waals surface area contributed by atoms with Gasteiger partial charge in [-0.25, -0.2) is 4.98 Å². The van der Waals surface area contributed by atoms with E-state index >= 15 is 0 Å². The van der Waals surface area contributed by atoms with Gasteiger partial charge in [-0.3, -0.25) is 9.69 Å². The summed E-state index contributed by atoms with van der Waals surface area (Å²) in [5.41, 5.74) is 10.8. The molecule has 1 unspecified atom stereocenters. The van der Waals surface area contributed by atoms with Crippen molar-refractivity contribution in [2.75, 3.05) is 45.1 Å². The lowest BCUT2D eigenvalue weighted by atomic mass is 9.82. The number of nitrogen functional groups attached to an aromatic ring is 1. The second-order valence-corrected chi connectivity index (χ2v) is 9.50. The van der Waals surface area contributed by atoms with Crippen LogP contribution in [0.2, 0.25) is 0 Å². The monoisotopic (exact) mass is 436 g/mol. The van der Waals surface area contributed by atoms with Gasteiger partial charge in [0.2, 0.25) is 0 Å². The molecule has 3 aromatic rings. The molecule has 6 nitrogen and oxygen atoms in total. The Morgan fingerprint density at radius 1 is 1.19 bits per heavy atom. The summed E-state index contributed by atoms with van der Waals surface area (Å²) in [7, 11) is 0. The molecule has 1 atom stereocenters. The number of amides is 1. The van der Waals surface area contributed by atoms with Crippen molar-refractivity contribution < 1.29 is 9.90 Å². The minimum Gasteiger partial charge on any atom is -0.397 e. The fourth-order valence-electron chi connectivity index (χ4n) is 4.82. The fourth-order valence-corrected chi connectivity index (χ4v) is 5.88. The van der Waals surface area contributed by atoms with Crippen LogP contribution in [0.5, 0.6) is 0 Å². The quantitative estimate of drug-likeness (QED) is 0.657. The third kappa shape index (κ3) is 3.93. The van der Waals surface area contributed by atoms with Crippen molar-refractivity contribution in [2.45, 2.75) is 25.2 Å². The summed E-state index contributed by atoms with van der Waals surface area (Å²) >= 11 is 1.43. The van der Waals surface area contributed by atoms with Gasteiger partial charge >= 0.3 is 0 Å². The Morgan fingerprint density at radius 3 is 2.71 bits per heavy atom. The first-order valence-electron chi connectivity index (χ1n) is 11.0. The van der Waals surface area contributed by atoms with Crippen LogP contribution in [0, 0.1) is 0 Å². The van der Waals surface area contributed by atoms with Crippen molar-refractivity contribution in [1.29, 1.82) is 0 Å². The van der Waals surface area contributed by atoms with E-state index in [0.717, 1.165) is 48.3 Å². The molecule has 162 valence electrons. The van der Waals surface area contributed by atoms with Gasteiger partial charge in [-0.2, -0.15) is 0 Å². The number of nitrogens with zero attached hydrogens (tertiary/aromatic N) is 3. The predicted molar refractivity (Wildman–Crippen MR) is 125 cm³/mol. The highest BCUT2D eigenvalue weighted by molar-refractivity contribution is 7.21. The lowest BCUT2D eigenvalue weighted by Crippen LogP contribution is -2.49. The van der Waals surface area contributed by atoms with E-state index in [4.69, 9.17) is 15.8 Å². The number of benzene rings is 1. The van der Waals surface area contributed by atoms with Crippen molar-refractivity contribution in [2.24, 2.45) is 0 Å². The SMILES string of the molecule is Nc1c(C(=O)N2CCN(CCO)CC2)sc2nc3c(cc12)CC(c1ccccc1)CC3. The highest BCUT2D eigenvalue weighted by Crippen LogP contribution is 2.38. The Balaban J connectivity index is 1.39. The number of pyridine rings is 1. The zero-order chi connectivity index (χ0) is 21.4. The lowest BCUT2D eigenvalue weighted by Gasteiger charge is -2.34. The molecule has 1 fully saturated rings. The van der Waals surface area contributed by atoms with Crippen LogP contribution in [0.4, 0.5) is 5.69 Å². The van der Waals surface area contributed by atoms with Gasteiger partial charge in [0.05, 0.1) is 12.3 Å². The van der Waals surface area contributed by atoms with Gasteiger partial charge in [-0.15, -0.1) is 11.3 Å². The van der Waals surface area contributed by atoms with Crippen molar-refractivity contribution in [1.82, 2.24) is 14.8 Å². The number of β-amino-alcohol motifs (C(OH)–C–C–N with tert-alkyl or cyclic N) is 1. The van der Waals surface area contributed by atoms with Crippen LogP contribution in [-0.2, 0) is 12.8 Å². The minimum atomic E-state index is 0.00397. The summed E-state index contributed by atoms with van der Waals surface area (Å²) in [6, 6.07) is 12.8. The smallest absolute Gasteiger partial charge is 0.266 e. The molecule has 0 saturated carbocycles. The van der Waals surface area contributed by atoms with Crippen LogP contribution in [0.15, 0.2) is 36.4 Å². The second kappa shape index (κ2) is 8.57. The standard InChI is InChI=1S/C24H28N4O2S/c25-21-19-15-18-14-17(16-4-2-1-3-5-16)6-7-20(18)26-23(19)31-22(21)24(30)28-10-8-27(9-11-28)12-13-29/h1-5,15,17,29H,6-14,25H2. The zero-order valence-electron chi connectivity index (χ0n) is 17.6. The maximum Gasteiger partial charge on any atom is 0.266 e. The molecule has 3 heterocycles. The first-order chi connectivity index (χ1) is 15.1. The van der Waals surface area contributed by atoms with Gasteiger partial charge in [0.25, 0.3) is 5.91 Å². The summed E-state index contributed by atoms with van der Waals surface area (Å²) < 4.78 is 0. The molecule has 31 heavy (non-hydrogen) atoms. The number of carbonyl (C=O) groups excluding carboxylic acids is 1. The van der Waals surface area contributed by atoms with E-state index in [2.05, 4.69) is 41.3 Å². The van der Waals surface area contributed by atoms with Gasteiger partial charge in [-0.1, -0.05) is 30.3 Å². The summed E-state index contributed by atoms with van der Waals surface area (Å²) in [5.74, 6) is 0.508. The molecule has 1 aromatic carbocycles. The number of hydrogen-bond donors (Lipinski definition) is 2. The molecule has 1 aliphatic heterocycles. The molecule has 1 aliphatic carbocycles. The van der Waals surface area contributed by atoms with Crippen molar-refractivity contribution >= 4 is 33.1 Å². The molecule has 5 rings (SSSR count). The topological polar surface area (TPSA) is 82.7 Å². The number of aliphatic hydroxyl groups is 1. The van der Waals surface area contributed by atoms with Crippen LogP contribution in [0.3, 0.4) is 0 Å². The van der Waals surface area contributed by atoms with E-state index in [0.29, 0.717) is 36.1 Å². The lowest BCUT2D eigenvalue weighted by molar-refractivity contribution is 0.0620. The molecule has 1 saturated heterocycles. The van der Waals surface area contributed by atoms with E-state index < -0.39 is 0 Å². The van der Waals surface area contributed by atoms with E-state index in [-0.39, 0.29) is 12.5 Å². The number of hydrogen-bond acceptors (Lipinski definition) is 6. The third-order valence-electron chi connectivity index (χ3n) is 6.63. The molecular weight excluding hydrogens is 408 g/mol. The number of thiophene rings is 1. The fraction of sp³-hybridized carbons (Fsp3) is 0.417. The number of carbonyl (C=O) groups is 1. The van der Waals surface area contributed by atoms with Gasteiger partial charge < -0.3 is 15.7 Å². The normalized spacial score (nSPS) is 19.5. The Hall–Kier alpha value is -2.48. The van der Waals surface area contributed by atoms with E-state index in [1.54, 1.807) is 0 Å². The average molecular weight is 437 g/mol. The zero-order valence-corrected chi connectivity index (χ0v) is 18.4. The summed E-state index contributed by atoms with van der Waals surface area (Å²) in [4.78, 5) is 23.6. The van der Waals surface area contributed by atoms with Crippen LogP contribution in [0.1, 0.15) is 38.8 Å². The second-order valence-electron chi connectivity index (χ2n) is 8.50. The highest BCUT2D eigenvalue weighted by atomic mass is 32.1. The first-order valence-corrected chi connectivity index (χ1v) is 11.8. The molecule has 0 bridgehead atoms. The summed E-state index contributed by atoms with van der Waals surface area (Å²) in [6.07, 6.45) is 3.02. The predicted octanol–water partition coefficient (Wildman–Crippen LogP) is 2.90. The first kappa shape index (κ1) is 20.4. The van der Waals surface area contributed by atoms with E-state index in [1.807, 2.05) is 4.90 Å². The van der Waals surface area contributed by atoms with Crippen molar-refractivity contribution in [3.05, 3.63) is 58.1 Å². The van der Waals surface area contributed by atoms with Gasteiger partial charge in [0, 0.05) is 43.8 Å². The van der Waals surface area contributed by atoms with Crippen LogP contribution < -0.4 is 5.73 Å². The number of piperazine rings is 1. The number of fused-ring (bicyclic) bond motifs is 2. The number of rotatable bonds is 4. The molecule has 0 spiro atoms. The Bertz CT molecular complexity index is 1090. The minimum absolute atomic E-state index is 0.00397. The number of aliphatic hydroxyl groups excluding tert-OH is 1. The highest BCUT2D eigenvalue weighted by Gasteiger charge is 2.28. The molecule has 7 heteroatoms. The van der Waals surface area contributed by atoms with E-state index in [9.17, 15) is 4.79 Å². The van der Waals surface area contributed by atoms with E-state index in [1.165, 1.54) is 22.5 Å². The summed E-state index contributed by atoms with van der Waals surface area (Å²) in [6.45, 7) is 3.70. The van der Waals surface area contributed by atoms with Crippen LogP contribution in [0.25, 0.3) is 10.2 Å². The number of nitrogens with two attached hydrogens (primary N) is 1. The largest absolute Gasteiger partial charge is 0.397 e. The Labute approximate surface area is 186 Å². The maximum absolute atomic E-state index is 13.2. The number of anilines is 1. The molecule has 0 radical (unpaired) electrons. The molecule has 3 N–H and O–H groups in total. The molecule has 1 amide bonds. The molecule has 2 aromatic heterocycles. The van der Waals surface area contributed by atoms with Gasteiger partial charge in [0.1, 0.15) is 9.71 Å². The maximum atomic E-state index is 13.2. The number of aryl methyl sites for hydroxylation is 1. The van der Waals surface area contributed by atoms with Gasteiger partial charge in [-0.05, 0) is 42.4 Å². The molecule has 2 aliphatic rings. The Kier molecular flexibility index (Phi) is 5.65.